The average molecular weight is 499 g/mol. The van der Waals surface area contributed by atoms with Gasteiger partial charge in [-0.15, -0.1) is 24.0 Å². The van der Waals surface area contributed by atoms with Crippen LogP contribution in [-0.4, -0.2) is 57.7 Å². The molecule has 2 heterocycles. The molecule has 0 bridgehead atoms. The highest BCUT2D eigenvalue weighted by Crippen LogP contribution is 2.24. The molecule has 6 nitrogen and oxygen atoms in total. The lowest BCUT2D eigenvalue weighted by atomic mass is 9.86. The van der Waals surface area contributed by atoms with Gasteiger partial charge in [-0.05, 0) is 43.9 Å². The molecule has 0 aromatic heterocycles. The van der Waals surface area contributed by atoms with E-state index in [0.717, 1.165) is 38.4 Å². The molecule has 0 radical (unpaired) electrons. The molecule has 0 amide bonds. The Morgan fingerprint density at radius 3 is 2.46 bits per heavy atom. The van der Waals surface area contributed by atoms with Gasteiger partial charge >= 0.3 is 0 Å². The molecule has 8 heteroatoms. The molecular weight excluding hydrogens is 465 g/mol. The van der Waals surface area contributed by atoms with Crippen molar-refractivity contribution in [2.45, 2.75) is 64.0 Å². The number of nitrogens with one attached hydrogen (secondary N) is 2. The van der Waals surface area contributed by atoms with E-state index < -0.39 is 9.84 Å². The van der Waals surface area contributed by atoms with E-state index in [4.69, 9.17) is 9.73 Å². The van der Waals surface area contributed by atoms with E-state index in [0.29, 0.717) is 36.1 Å². The van der Waals surface area contributed by atoms with Crippen molar-refractivity contribution < 1.29 is 13.2 Å². The number of hydrogen-bond acceptors (Lipinski definition) is 4. The molecule has 1 saturated carbocycles. The van der Waals surface area contributed by atoms with E-state index in [1.807, 2.05) is 0 Å². The number of nitrogens with zero attached hydrogens (tertiary/aromatic N) is 1. The van der Waals surface area contributed by atoms with Gasteiger partial charge in [0.15, 0.2) is 15.8 Å². The number of halogens is 1. The van der Waals surface area contributed by atoms with E-state index in [-0.39, 0.29) is 29.9 Å². The summed E-state index contributed by atoms with van der Waals surface area (Å²) < 4.78 is 28.8. The molecule has 3 fully saturated rings. The van der Waals surface area contributed by atoms with Crippen LogP contribution in [0.5, 0.6) is 0 Å². The van der Waals surface area contributed by atoms with Crippen LogP contribution in [0.4, 0.5) is 0 Å². The summed E-state index contributed by atoms with van der Waals surface area (Å²) in [7, 11) is -2.83. The van der Waals surface area contributed by atoms with E-state index in [2.05, 4.69) is 17.6 Å². The van der Waals surface area contributed by atoms with Crippen LogP contribution < -0.4 is 10.6 Å². The van der Waals surface area contributed by atoms with Crippen molar-refractivity contribution in [2.75, 3.05) is 31.3 Å². The highest BCUT2D eigenvalue weighted by molar-refractivity contribution is 14.0. The Bertz CT molecular complexity index is 564. The lowest BCUT2D eigenvalue weighted by Gasteiger charge is -2.33. The van der Waals surface area contributed by atoms with Crippen LogP contribution in [0.15, 0.2) is 4.99 Å². The van der Waals surface area contributed by atoms with Gasteiger partial charge in [0.05, 0.1) is 11.5 Å². The molecule has 3 rings (SSSR count). The van der Waals surface area contributed by atoms with Crippen molar-refractivity contribution in [3.05, 3.63) is 0 Å². The topological polar surface area (TPSA) is 79.8 Å². The fourth-order valence-electron chi connectivity index (χ4n) is 4.11. The average Bonchev–Trinajstić information content (AvgIpc) is 2.95. The summed E-state index contributed by atoms with van der Waals surface area (Å²) in [4.78, 5) is 4.78. The Balaban J connectivity index is 0.00000243. The maximum Gasteiger partial charge on any atom is 0.191 e. The van der Waals surface area contributed by atoms with E-state index in [1.54, 1.807) is 0 Å². The molecule has 2 saturated heterocycles. The lowest BCUT2D eigenvalue weighted by molar-refractivity contribution is 0.0821. The molecule has 3 aliphatic rings. The molecule has 2 N–H and O–H groups in total. The molecule has 0 spiro atoms. The van der Waals surface area contributed by atoms with Crippen molar-refractivity contribution >= 4 is 39.8 Å². The summed E-state index contributed by atoms with van der Waals surface area (Å²) in [6.45, 7) is 4.50. The van der Waals surface area contributed by atoms with Gasteiger partial charge in [0.25, 0.3) is 0 Å². The zero-order valence-corrected chi connectivity index (χ0v) is 18.9. The third kappa shape index (κ3) is 6.82. The lowest BCUT2D eigenvalue weighted by Crippen LogP contribution is -2.51. The van der Waals surface area contributed by atoms with Gasteiger partial charge < -0.3 is 15.4 Å². The predicted octanol–water partition coefficient (Wildman–Crippen LogP) is 2.33. The van der Waals surface area contributed by atoms with Gasteiger partial charge in [-0.3, -0.25) is 4.99 Å². The SMILES string of the molecule is CC1CCCCC1NC(=NCC1CCS(=O)(=O)C1)NC1CCOCC1.I. The Kier molecular flexibility index (Phi) is 8.93. The first-order valence-electron chi connectivity index (χ1n) is 9.87. The number of rotatable bonds is 4. The van der Waals surface area contributed by atoms with Crippen LogP contribution in [0.1, 0.15) is 51.9 Å². The summed E-state index contributed by atoms with van der Waals surface area (Å²) in [6, 6.07) is 0.860. The van der Waals surface area contributed by atoms with Crippen LogP contribution >= 0.6 is 24.0 Å². The van der Waals surface area contributed by atoms with E-state index in [9.17, 15) is 8.42 Å². The monoisotopic (exact) mass is 499 g/mol. The molecule has 26 heavy (non-hydrogen) atoms. The second-order valence-corrected chi connectivity index (χ2v) is 10.2. The van der Waals surface area contributed by atoms with Gasteiger partial charge in [-0.1, -0.05) is 19.8 Å². The summed E-state index contributed by atoms with van der Waals surface area (Å²) >= 11 is 0. The maximum absolute atomic E-state index is 11.7. The molecule has 3 unspecified atom stereocenters. The standard InChI is InChI=1S/C18H33N3O3S.HI/c1-14-4-2-3-5-17(14)21-18(20-16-6-9-24-10-7-16)19-12-15-8-11-25(22,23)13-15;/h14-17H,2-13H2,1H3,(H2,19,20,21);1H. The Morgan fingerprint density at radius 1 is 1.08 bits per heavy atom. The third-order valence-electron chi connectivity index (χ3n) is 5.83. The molecule has 0 aromatic carbocycles. The minimum Gasteiger partial charge on any atom is -0.381 e. The molecule has 152 valence electrons. The summed E-state index contributed by atoms with van der Waals surface area (Å²) in [6.07, 6.45) is 7.79. The molecule has 0 aromatic rings. The van der Waals surface area contributed by atoms with Crippen molar-refractivity contribution in [3.63, 3.8) is 0 Å². The van der Waals surface area contributed by atoms with Gasteiger partial charge in [0.2, 0.25) is 0 Å². The Morgan fingerprint density at radius 2 is 1.81 bits per heavy atom. The summed E-state index contributed by atoms with van der Waals surface area (Å²) in [5.41, 5.74) is 0. The second kappa shape index (κ2) is 10.5. The van der Waals surface area contributed by atoms with Gasteiger partial charge in [-0.25, -0.2) is 8.42 Å². The highest BCUT2D eigenvalue weighted by Gasteiger charge is 2.28. The normalized spacial score (nSPS) is 32.7. The van der Waals surface area contributed by atoms with Crippen LogP contribution in [0.25, 0.3) is 0 Å². The fourth-order valence-corrected chi connectivity index (χ4v) is 5.96. The molecule has 3 atom stereocenters. The van der Waals surface area contributed by atoms with Crippen molar-refractivity contribution in [1.29, 1.82) is 0 Å². The Labute approximate surface area is 175 Å². The van der Waals surface area contributed by atoms with Crippen molar-refractivity contribution in [2.24, 2.45) is 16.8 Å². The second-order valence-electron chi connectivity index (χ2n) is 8.00. The van der Waals surface area contributed by atoms with Crippen LogP contribution in [0.3, 0.4) is 0 Å². The molecule has 1 aliphatic carbocycles. The number of ether oxygens (including phenoxy) is 1. The first-order chi connectivity index (χ1) is 12.0. The largest absolute Gasteiger partial charge is 0.381 e. The predicted molar refractivity (Wildman–Crippen MR) is 116 cm³/mol. The summed E-state index contributed by atoms with van der Waals surface area (Å²) in [5.74, 6) is 2.31. The van der Waals surface area contributed by atoms with Gasteiger partial charge in [-0.2, -0.15) is 0 Å². The Hall–Kier alpha value is -0.0900. The van der Waals surface area contributed by atoms with E-state index in [1.165, 1.54) is 25.7 Å². The molecule has 2 aliphatic heterocycles. The zero-order valence-electron chi connectivity index (χ0n) is 15.8. The smallest absolute Gasteiger partial charge is 0.191 e. The summed E-state index contributed by atoms with van der Waals surface area (Å²) in [5, 5.41) is 7.22. The fraction of sp³-hybridized carbons (Fsp3) is 0.944. The van der Waals surface area contributed by atoms with Crippen LogP contribution in [-0.2, 0) is 14.6 Å². The number of sulfone groups is 1. The zero-order chi connectivity index (χ0) is 17.7. The van der Waals surface area contributed by atoms with Crippen molar-refractivity contribution in [1.82, 2.24) is 10.6 Å². The first-order valence-corrected chi connectivity index (χ1v) is 11.7. The van der Waals surface area contributed by atoms with E-state index >= 15 is 0 Å². The minimum atomic E-state index is -2.83. The van der Waals surface area contributed by atoms with Crippen LogP contribution in [0, 0.1) is 11.8 Å². The number of hydrogen-bond donors (Lipinski definition) is 2. The number of guanidine groups is 1. The van der Waals surface area contributed by atoms with Gasteiger partial charge in [0.1, 0.15) is 0 Å². The maximum atomic E-state index is 11.7. The molecular formula is C18H34IN3O3S. The minimum absolute atomic E-state index is 0. The number of aliphatic imine (C=N–C) groups is 1. The quantitative estimate of drug-likeness (QED) is 0.353. The van der Waals surface area contributed by atoms with Gasteiger partial charge in [0, 0.05) is 31.8 Å². The first kappa shape index (κ1) is 22.2. The third-order valence-corrected chi connectivity index (χ3v) is 7.67. The highest BCUT2D eigenvalue weighted by atomic mass is 127. The van der Waals surface area contributed by atoms with Crippen molar-refractivity contribution in [3.8, 4) is 0 Å². The van der Waals surface area contributed by atoms with Crippen LogP contribution in [0.2, 0.25) is 0 Å².